The number of carbonyl (C=O) groups excluding carboxylic acids is 2. The molecule has 0 radical (unpaired) electrons. The highest BCUT2D eigenvalue weighted by molar-refractivity contribution is 6.33. The molecule has 3 aromatic rings. The Balaban J connectivity index is 1.70. The minimum atomic E-state index is -4.49. The van der Waals surface area contributed by atoms with Gasteiger partial charge in [0.2, 0.25) is 5.91 Å². The zero-order chi connectivity index (χ0) is 24.6. The summed E-state index contributed by atoms with van der Waals surface area (Å²) in [7, 11) is 1.39. The summed E-state index contributed by atoms with van der Waals surface area (Å²) in [5, 5.41) is 2.70. The Hall–Kier alpha value is -3.43. The fourth-order valence-electron chi connectivity index (χ4n) is 3.90. The lowest BCUT2D eigenvalue weighted by Crippen LogP contribution is -2.41. The Morgan fingerprint density at radius 2 is 1.85 bits per heavy atom. The van der Waals surface area contributed by atoms with Crippen molar-refractivity contribution >= 4 is 34.8 Å². The minimum Gasteiger partial charge on any atom is -0.367 e. The summed E-state index contributed by atoms with van der Waals surface area (Å²) in [6, 6.07) is 12.8. The lowest BCUT2D eigenvalue weighted by molar-refractivity contribution is -0.137. The molecule has 1 N–H and O–H groups in total. The predicted octanol–water partition coefficient (Wildman–Crippen LogP) is 5.40. The normalized spacial score (nSPS) is 15.4. The smallest absolute Gasteiger partial charge is 0.367 e. The van der Waals surface area contributed by atoms with Crippen LogP contribution in [0.3, 0.4) is 0 Å². The van der Waals surface area contributed by atoms with Gasteiger partial charge in [-0.25, -0.2) is 4.98 Å². The Labute approximate surface area is 198 Å². The van der Waals surface area contributed by atoms with Gasteiger partial charge in [-0.15, -0.1) is 0 Å². The highest BCUT2D eigenvalue weighted by atomic mass is 35.5. The molecule has 1 atom stereocenters. The third-order valence-corrected chi connectivity index (χ3v) is 5.68. The van der Waals surface area contributed by atoms with E-state index in [0.717, 1.165) is 24.3 Å². The second-order valence-corrected chi connectivity index (χ2v) is 8.06. The summed E-state index contributed by atoms with van der Waals surface area (Å²) >= 11 is 6.49. The Morgan fingerprint density at radius 3 is 2.50 bits per heavy atom. The Bertz CT molecular complexity index is 1260. The standard InChI is InChI=1S/C24H19ClF3N3O3/c1-13-11-18-20(22(25)29-13)16-5-3-4-6-17(16)21(34-2)23(33)31(18)12-19(32)30-15-9-7-14(8-10-15)24(26,27)28/h3-11,21H,12H2,1-2H3,(H,30,32). The number of carbonyl (C=O) groups is 2. The van der Waals surface area contributed by atoms with Crippen molar-refractivity contribution < 1.29 is 27.5 Å². The highest BCUT2D eigenvalue weighted by Crippen LogP contribution is 2.44. The quantitative estimate of drug-likeness (QED) is 0.498. The molecule has 2 aromatic carbocycles. The predicted molar refractivity (Wildman–Crippen MR) is 122 cm³/mol. The summed E-state index contributed by atoms with van der Waals surface area (Å²) in [5.74, 6) is -1.09. The van der Waals surface area contributed by atoms with E-state index in [1.165, 1.54) is 12.0 Å². The summed E-state index contributed by atoms with van der Waals surface area (Å²) < 4.78 is 43.9. The number of aryl methyl sites for hydroxylation is 1. The topological polar surface area (TPSA) is 71.5 Å². The number of halogens is 4. The van der Waals surface area contributed by atoms with Gasteiger partial charge in [0, 0.05) is 24.1 Å². The molecule has 0 spiro atoms. The number of ether oxygens (including phenoxy) is 1. The van der Waals surface area contributed by atoms with E-state index in [0.29, 0.717) is 28.1 Å². The van der Waals surface area contributed by atoms with Crippen LogP contribution >= 0.6 is 11.6 Å². The first kappa shape index (κ1) is 23.7. The first-order valence-electron chi connectivity index (χ1n) is 10.2. The summed E-state index contributed by atoms with van der Waals surface area (Å²) in [6.07, 6.45) is -5.49. The number of aromatic nitrogens is 1. The number of hydrogen-bond acceptors (Lipinski definition) is 4. The van der Waals surface area contributed by atoms with Crippen LogP contribution in [0.2, 0.25) is 5.15 Å². The van der Waals surface area contributed by atoms with Gasteiger partial charge in [0.1, 0.15) is 11.7 Å². The van der Waals surface area contributed by atoms with E-state index in [4.69, 9.17) is 16.3 Å². The van der Waals surface area contributed by atoms with Crippen LogP contribution in [-0.2, 0) is 20.5 Å². The Kier molecular flexibility index (Phi) is 6.33. The fraction of sp³-hybridized carbons (Fsp3) is 0.208. The molecule has 0 saturated carbocycles. The van der Waals surface area contributed by atoms with E-state index in [9.17, 15) is 22.8 Å². The molecule has 1 unspecified atom stereocenters. The molecule has 0 saturated heterocycles. The molecule has 6 nitrogen and oxygen atoms in total. The number of nitrogens with zero attached hydrogens (tertiary/aromatic N) is 2. The number of hydrogen-bond donors (Lipinski definition) is 1. The van der Waals surface area contributed by atoms with Gasteiger partial charge in [0.15, 0.2) is 6.10 Å². The van der Waals surface area contributed by atoms with Crippen LogP contribution in [0.1, 0.15) is 22.9 Å². The van der Waals surface area contributed by atoms with Gasteiger partial charge in [0.25, 0.3) is 5.91 Å². The van der Waals surface area contributed by atoms with E-state index in [-0.39, 0.29) is 10.8 Å². The van der Waals surface area contributed by atoms with E-state index in [2.05, 4.69) is 10.3 Å². The van der Waals surface area contributed by atoms with E-state index < -0.39 is 36.2 Å². The molecule has 2 heterocycles. The average molecular weight is 490 g/mol. The van der Waals surface area contributed by atoms with Crippen LogP contribution in [0.25, 0.3) is 11.1 Å². The number of anilines is 2. The monoisotopic (exact) mass is 489 g/mol. The van der Waals surface area contributed by atoms with Crippen molar-refractivity contribution in [2.45, 2.75) is 19.2 Å². The summed E-state index contributed by atoms with van der Waals surface area (Å²) in [4.78, 5) is 31.9. The molecule has 0 fully saturated rings. The lowest BCUT2D eigenvalue weighted by Gasteiger charge is -2.25. The largest absolute Gasteiger partial charge is 0.416 e. The van der Waals surface area contributed by atoms with Crippen molar-refractivity contribution in [3.05, 3.63) is 76.6 Å². The maximum absolute atomic E-state index is 13.5. The van der Waals surface area contributed by atoms with Crippen molar-refractivity contribution in [2.24, 2.45) is 0 Å². The van der Waals surface area contributed by atoms with Crippen LogP contribution in [0.4, 0.5) is 24.5 Å². The van der Waals surface area contributed by atoms with Gasteiger partial charge >= 0.3 is 6.18 Å². The maximum Gasteiger partial charge on any atom is 0.416 e. The zero-order valence-electron chi connectivity index (χ0n) is 18.1. The Morgan fingerprint density at radius 1 is 1.18 bits per heavy atom. The first-order valence-corrected chi connectivity index (χ1v) is 10.6. The van der Waals surface area contributed by atoms with Gasteiger partial charge < -0.3 is 10.1 Å². The molecular weight excluding hydrogens is 471 g/mol. The van der Waals surface area contributed by atoms with Crippen molar-refractivity contribution in [1.29, 1.82) is 0 Å². The molecule has 4 rings (SSSR count). The average Bonchev–Trinajstić information content (AvgIpc) is 2.86. The minimum absolute atomic E-state index is 0.163. The molecule has 1 aliphatic heterocycles. The molecule has 0 aliphatic carbocycles. The highest BCUT2D eigenvalue weighted by Gasteiger charge is 2.36. The van der Waals surface area contributed by atoms with Crippen molar-refractivity contribution in [1.82, 2.24) is 4.98 Å². The molecule has 10 heteroatoms. The third kappa shape index (κ3) is 4.49. The van der Waals surface area contributed by atoms with Gasteiger partial charge in [-0.3, -0.25) is 14.5 Å². The summed E-state index contributed by atoms with van der Waals surface area (Å²) in [6.45, 7) is 1.29. The van der Waals surface area contributed by atoms with E-state index >= 15 is 0 Å². The van der Waals surface area contributed by atoms with Crippen LogP contribution in [0, 0.1) is 6.92 Å². The van der Waals surface area contributed by atoms with E-state index in [1.54, 1.807) is 37.3 Å². The molecule has 176 valence electrons. The number of nitrogens with one attached hydrogen (secondary N) is 1. The lowest BCUT2D eigenvalue weighted by atomic mass is 9.97. The molecule has 34 heavy (non-hydrogen) atoms. The van der Waals surface area contributed by atoms with Crippen LogP contribution in [0.5, 0.6) is 0 Å². The zero-order valence-corrected chi connectivity index (χ0v) is 18.9. The molecule has 2 amide bonds. The number of methoxy groups -OCH3 is 1. The number of fused-ring (bicyclic) bond motifs is 3. The number of rotatable bonds is 4. The molecule has 1 aromatic heterocycles. The number of alkyl halides is 3. The maximum atomic E-state index is 13.5. The number of benzene rings is 2. The van der Waals surface area contributed by atoms with Gasteiger partial charge in [-0.1, -0.05) is 35.9 Å². The second kappa shape index (κ2) is 9.08. The van der Waals surface area contributed by atoms with Gasteiger partial charge in [-0.05, 0) is 48.4 Å². The molecular formula is C24H19ClF3N3O3. The SMILES string of the molecule is COC1C(=O)N(CC(=O)Nc2ccc(C(F)(F)F)cc2)c2cc(C)nc(Cl)c2-c2ccccc21. The second-order valence-electron chi connectivity index (χ2n) is 7.70. The van der Waals surface area contributed by atoms with Gasteiger partial charge in [0.05, 0.1) is 11.3 Å². The summed E-state index contributed by atoms with van der Waals surface area (Å²) in [5.41, 5.74) is 1.97. The van der Waals surface area contributed by atoms with Crippen LogP contribution in [0.15, 0.2) is 54.6 Å². The first-order chi connectivity index (χ1) is 16.1. The third-order valence-electron chi connectivity index (χ3n) is 5.41. The van der Waals surface area contributed by atoms with Crippen molar-refractivity contribution in [3.8, 4) is 11.1 Å². The van der Waals surface area contributed by atoms with Gasteiger partial charge in [-0.2, -0.15) is 13.2 Å². The van der Waals surface area contributed by atoms with Crippen molar-refractivity contribution in [3.63, 3.8) is 0 Å². The molecule has 1 aliphatic rings. The fourth-order valence-corrected chi connectivity index (χ4v) is 4.24. The van der Waals surface area contributed by atoms with Crippen LogP contribution < -0.4 is 10.2 Å². The number of pyridine rings is 1. The van der Waals surface area contributed by atoms with Crippen molar-refractivity contribution in [2.75, 3.05) is 23.9 Å². The van der Waals surface area contributed by atoms with E-state index in [1.807, 2.05) is 0 Å². The van der Waals surface area contributed by atoms with Crippen LogP contribution in [-0.4, -0.2) is 30.5 Å². The number of amides is 2. The molecule has 0 bridgehead atoms.